The molecule has 0 aromatic heterocycles. The molecule has 1 heterocycles. The molecule has 0 aliphatic carbocycles. The predicted molar refractivity (Wildman–Crippen MR) is 89.0 cm³/mol. The molecule has 3 nitrogen and oxygen atoms in total. The van der Waals surface area contributed by atoms with Crippen molar-refractivity contribution < 1.29 is 14.3 Å². The van der Waals surface area contributed by atoms with E-state index in [4.69, 9.17) is 9.47 Å². The van der Waals surface area contributed by atoms with Gasteiger partial charge < -0.3 is 9.47 Å². The number of hydrogen-bond acceptors (Lipinski definition) is 3. The van der Waals surface area contributed by atoms with Crippen LogP contribution in [0.1, 0.15) is 23.5 Å². The molecule has 23 heavy (non-hydrogen) atoms. The van der Waals surface area contributed by atoms with E-state index in [-0.39, 0.29) is 11.9 Å². The minimum Gasteiger partial charge on any atom is -0.497 e. The van der Waals surface area contributed by atoms with Crippen molar-refractivity contribution in [3.05, 3.63) is 71.8 Å². The lowest BCUT2D eigenvalue weighted by molar-refractivity contribution is -0.135. The van der Waals surface area contributed by atoms with Gasteiger partial charge in [-0.2, -0.15) is 0 Å². The molecule has 114 valence electrons. The number of carbonyl (C=O) groups excluding carboxylic acids is 1. The maximum absolute atomic E-state index is 12.0. The van der Waals surface area contributed by atoms with E-state index >= 15 is 0 Å². The van der Waals surface area contributed by atoms with Crippen molar-refractivity contribution in [3.8, 4) is 11.5 Å². The molecule has 0 bridgehead atoms. The van der Waals surface area contributed by atoms with E-state index < -0.39 is 0 Å². The van der Waals surface area contributed by atoms with Crippen LogP contribution in [-0.2, 0) is 4.79 Å². The van der Waals surface area contributed by atoms with Gasteiger partial charge in [0.2, 0.25) is 0 Å². The molecule has 3 aromatic rings. The van der Waals surface area contributed by atoms with E-state index in [9.17, 15) is 4.79 Å². The first-order chi connectivity index (χ1) is 11.3. The van der Waals surface area contributed by atoms with Gasteiger partial charge in [-0.3, -0.25) is 4.79 Å². The van der Waals surface area contributed by atoms with Gasteiger partial charge in [0.05, 0.1) is 13.5 Å². The van der Waals surface area contributed by atoms with Crippen molar-refractivity contribution in [1.29, 1.82) is 0 Å². The molecule has 0 N–H and O–H groups in total. The minimum absolute atomic E-state index is 0.00301. The highest BCUT2D eigenvalue weighted by Gasteiger charge is 2.30. The number of methoxy groups -OCH3 is 1. The smallest absolute Gasteiger partial charge is 0.312 e. The van der Waals surface area contributed by atoms with Crippen LogP contribution in [0.25, 0.3) is 10.8 Å². The molecule has 0 fully saturated rings. The fourth-order valence-corrected chi connectivity index (χ4v) is 3.28. The van der Waals surface area contributed by atoms with E-state index in [1.54, 1.807) is 7.11 Å². The lowest BCUT2D eigenvalue weighted by Gasteiger charge is -2.26. The van der Waals surface area contributed by atoms with Crippen LogP contribution < -0.4 is 9.47 Å². The lowest BCUT2D eigenvalue weighted by atomic mass is 9.83. The molecule has 0 saturated heterocycles. The highest BCUT2D eigenvalue weighted by Crippen LogP contribution is 2.43. The summed E-state index contributed by atoms with van der Waals surface area (Å²) in [6.45, 7) is 0. The summed E-state index contributed by atoms with van der Waals surface area (Å²) in [5.41, 5.74) is 2.19. The van der Waals surface area contributed by atoms with Gasteiger partial charge >= 0.3 is 5.97 Å². The van der Waals surface area contributed by atoms with Crippen molar-refractivity contribution in [2.24, 2.45) is 0 Å². The Morgan fingerprint density at radius 2 is 1.78 bits per heavy atom. The van der Waals surface area contributed by atoms with Crippen molar-refractivity contribution in [3.63, 3.8) is 0 Å². The van der Waals surface area contributed by atoms with E-state index in [1.807, 2.05) is 48.5 Å². The largest absolute Gasteiger partial charge is 0.497 e. The molecule has 1 atom stereocenters. The Kier molecular flexibility index (Phi) is 3.27. The van der Waals surface area contributed by atoms with Crippen molar-refractivity contribution in [2.75, 3.05) is 7.11 Å². The molecular formula is C20H16O3. The van der Waals surface area contributed by atoms with Crippen LogP contribution in [0.4, 0.5) is 0 Å². The Labute approximate surface area is 134 Å². The van der Waals surface area contributed by atoms with Gasteiger partial charge in [-0.25, -0.2) is 0 Å². The van der Waals surface area contributed by atoms with Crippen LogP contribution in [0.2, 0.25) is 0 Å². The molecule has 0 amide bonds. The lowest BCUT2D eigenvalue weighted by Crippen LogP contribution is -2.21. The fraction of sp³-hybridized carbons (Fsp3) is 0.150. The number of carbonyl (C=O) groups is 1. The third-order valence-corrected chi connectivity index (χ3v) is 4.39. The van der Waals surface area contributed by atoms with Gasteiger partial charge in [0, 0.05) is 11.5 Å². The maximum atomic E-state index is 12.0. The Morgan fingerprint density at radius 3 is 2.57 bits per heavy atom. The summed E-state index contributed by atoms with van der Waals surface area (Å²) in [5, 5.41) is 2.29. The Bertz CT molecular complexity index is 881. The summed E-state index contributed by atoms with van der Waals surface area (Å²) in [7, 11) is 1.65. The van der Waals surface area contributed by atoms with E-state index in [1.165, 1.54) is 0 Å². The second kappa shape index (κ2) is 5.43. The minimum atomic E-state index is -0.186. The zero-order chi connectivity index (χ0) is 15.8. The van der Waals surface area contributed by atoms with E-state index in [0.29, 0.717) is 12.2 Å². The SMILES string of the molecule is COc1ccc([C@@H]2CC(=O)Oc3ccc4ccccc4c32)cc1. The third-order valence-electron chi connectivity index (χ3n) is 4.39. The van der Waals surface area contributed by atoms with Gasteiger partial charge in [0.25, 0.3) is 0 Å². The summed E-state index contributed by atoms with van der Waals surface area (Å²) >= 11 is 0. The summed E-state index contributed by atoms with van der Waals surface area (Å²) in [6.07, 6.45) is 0.355. The zero-order valence-corrected chi connectivity index (χ0v) is 12.8. The first kappa shape index (κ1) is 13.8. The standard InChI is InChI=1S/C20H16O3/c1-22-15-9-6-14(7-10-15)17-12-19(21)23-18-11-8-13-4-2-3-5-16(13)20(17)18/h2-11,17H,12H2,1H3/t17-/m0/s1. The first-order valence-corrected chi connectivity index (χ1v) is 7.62. The van der Waals surface area contributed by atoms with Crippen LogP contribution in [0, 0.1) is 0 Å². The molecule has 4 rings (SSSR count). The average Bonchev–Trinajstić information content (AvgIpc) is 2.60. The summed E-state index contributed by atoms with van der Waals surface area (Å²) in [5.74, 6) is 1.29. The highest BCUT2D eigenvalue weighted by molar-refractivity contribution is 5.92. The maximum Gasteiger partial charge on any atom is 0.312 e. The molecule has 0 radical (unpaired) electrons. The molecule has 1 aliphatic heterocycles. The summed E-state index contributed by atoms with van der Waals surface area (Å²) in [6, 6.07) is 20.0. The molecule has 3 heteroatoms. The second-order valence-electron chi connectivity index (χ2n) is 5.70. The normalized spacial score (nSPS) is 16.7. The molecule has 1 aliphatic rings. The predicted octanol–water partition coefficient (Wildman–Crippen LogP) is 4.29. The fourth-order valence-electron chi connectivity index (χ4n) is 3.28. The first-order valence-electron chi connectivity index (χ1n) is 7.62. The van der Waals surface area contributed by atoms with Crippen LogP contribution in [0.5, 0.6) is 11.5 Å². The monoisotopic (exact) mass is 304 g/mol. The van der Waals surface area contributed by atoms with Crippen LogP contribution >= 0.6 is 0 Å². The van der Waals surface area contributed by atoms with Crippen molar-refractivity contribution in [1.82, 2.24) is 0 Å². The van der Waals surface area contributed by atoms with Crippen LogP contribution in [0.15, 0.2) is 60.7 Å². The van der Waals surface area contributed by atoms with Crippen LogP contribution in [-0.4, -0.2) is 13.1 Å². The molecule has 3 aromatic carbocycles. The Hall–Kier alpha value is -2.81. The van der Waals surface area contributed by atoms with Gasteiger partial charge in [0.1, 0.15) is 11.5 Å². The zero-order valence-electron chi connectivity index (χ0n) is 12.8. The quantitative estimate of drug-likeness (QED) is 0.523. The average molecular weight is 304 g/mol. The Morgan fingerprint density at radius 1 is 1.00 bits per heavy atom. The molecular weight excluding hydrogens is 288 g/mol. The number of benzene rings is 3. The molecule has 0 unspecified atom stereocenters. The van der Waals surface area contributed by atoms with Crippen molar-refractivity contribution >= 4 is 16.7 Å². The highest BCUT2D eigenvalue weighted by atomic mass is 16.5. The molecule has 0 spiro atoms. The Balaban J connectivity index is 1.91. The van der Waals surface area contributed by atoms with Gasteiger partial charge in [-0.05, 0) is 34.5 Å². The number of fused-ring (bicyclic) bond motifs is 3. The van der Waals surface area contributed by atoms with Gasteiger partial charge in [-0.1, -0.05) is 42.5 Å². The van der Waals surface area contributed by atoms with Gasteiger partial charge in [0.15, 0.2) is 0 Å². The second-order valence-corrected chi connectivity index (χ2v) is 5.70. The number of hydrogen-bond donors (Lipinski definition) is 0. The van der Waals surface area contributed by atoms with Crippen molar-refractivity contribution in [2.45, 2.75) is 12.3 Å². The summed E-state index contributed by atoms with van der Waals surface area (Å²) < 4.78 is 10.7. The topological polar surface area (TPSA) is 35.5 Å². The molecule has 0 saturated carbocycles. The van der Waals surface area contributed by atoms with E-state index in [0.717, 1.165) is 27.6 Å². The number of rotatable bonds is 2. The van der Waals surface area contributed by atoms with E-state index in [2.05, 4.69) is 12.1 Å². The van der Waals surface area contributed by atoms with Gasteiger partial charge in [-0.15, -0.1) is 0 Å². The third kappa shape index (κ3) is 2.34. The summed E-state index contributed by atoms with van der Waals surface area (Å²) in [4.78, 5) is 12.0. The number of ether oxygens (including phenoxy) is 2. The number of esters is 1. The van der Waals surface area contributed by atoms with Crippen LogP contribution in [0.3, 0.4) is 0 Å².